The monoisotopic (exact) mass is 497 g/mol. The molecule has 0 aromatic carbocycles. The molecule has 2 aliphatic heterocycles. The van der Waals surface area contributed by atoms with E-state index in [1.807, 2.05) is 0 Å². The van der Waals surface area contributed by atoms with Crippen molar-refractivity contribution in [3.63, 3.8) is 0 Å². The summed E-state index contributed by atoms with van der Waals surface area (Å²) in [4.78, 5) is 33.5. The first-order valence-electron chi connectivity index (χ1n) is 15.3. The molecule has 0 amide bonds. The number of carbonyl (C=O) groups excluding carboxylic acids is 2. The van der Waals surface area contributed by atoms with Crippen LogP contribution in [0.15, 0.2) is 0 Å². The first-order chi connectivity index (χ1) is 17.1. The molecule has 0 aromatic heterocycles. The molecule has 5 heteroatoms. The maximum absolute atomic E-state index is 14.2. The summed E-state index contributed by atoms with van der Waals surface area (Å²) in [6.45, 7) is 8.46. The van der Waals surface area contributed by atoms with Gasteiger partial charge in [0.25, 0.3) is 0 Å². The normalized spacial score (nSPS) is 55.3. The van der Waals surface area contributed by atoms with Crippen LogP contribution < -0.4 is 0 Å². The zero-order chi connectivity index (χ0) is 25.1. The van der Waals surface area contributed by atoms with Crippen LogP contribution in [0, 0.1) is 51.8 Å². The number of fused-ring (bicyclic) bond motifs is 8. The van der Waals surface area contributed by atoms with Gasteiger partial charge in [0.05, 0.1) is 6.10 Å². The minimum absolute atomic E-state index is 0.0558. The van der Waals surface area contributed by atoms with Crippen LogP contribution in [0.3, 0.4) is 0 Å². The molecule has 1 spiro atoms. The number of carbonyl (C=O) groups is 2. The molecule has 2 saturated heterocycles. The molecule has 7 aliphatic rings. The number of aliphatic hydroxyl groups excluding tert-OH is 1. The number of Topliss-reactive ketones (excluding diaryl/α,β-unsaturated/α-hetero) is 2. The zero-order valence-electron chi connectivity index (χ0n) is 22.8. The second-order valence-electron chi connectivity index (χ2n) is 15.0. The second-order valence-corrected chi connectivity index (χ2v) is 15.0. The summed E-state index contributed by atoms with van der Waals surface area (Å²) in [5.74, 6) is 2.30. The fraction of sp³-hybridized carbons (Fsp3) is 0.935. The van der Waals surface area contributed by atoms with Gasteiger partial charge in [0.1, 0.15) is 17.2 Å². The predicted octanol–water partition coefficient (Wildman–Crippen LogP) is 5.34. The molecule has 0 radical (unpaired) electrons. The Hall–Kier alpha value is -0.780. The molecule has 2 heterocycles. The van der Waals surface area contributed by atoms with Crippen molar-refractivity contribution < 1.29 is 19.5 Å². The predicted molar refractivity (Wildman–Crippen MR) is 137 cm³/mol. The number of piperidine rings is 1. The summed E-state index contributed by atoms with van der Waals surface area (Å²) in [6.07, 6.45) is 13.7. The standard InChI is InChI=1S/C31H47NO4/c1-19(33)22-9-10-23-21-8-7-20-15-25(34)24(16-28(20,2)27(21)26(35)17-29(22,23)3)31-13-14-32(36-31)18-30(31)11-5-4-6-12-30/h20-25,27,34H,4-18H2,1-3H3/t20-,21-,22+,23-,24+,25-,27+,28-,29+,31?/m0/s1. The van der Waals surface area contributed by atoms with Gasteiger partial charge in [0, 0.05) is 42.7 Å². The molecular weight excluding hydrogens is 450 g/mol. The number of hydrogen-bond acceptors (Lipinski definition) is 5. The van der Waals surface area contributed by atoms with Gasteiger partial charge in [0.2, 0.25) is 0 Å². The van der Waals surface area contributed by atoms with Crippen molar-refractivity contribution in [2.24, 2.45) is 51.8 Å². The summed E-state index contributed by atoms with van der Waals surface area (Å²) in [6, 6.07) is 0. The fourth-order valence-electron chi connectivity index (χ4n) is 12.3. The molecule has 7 rings (SSSR count). The van der Waals surface area contributed by atoms with E-state index in [2.05, 4.69) is 18.9 Å². The van der Waals surface area contributed by atoms with Gasteiger partial charge in [-0.25, -0.2) is 0 Å². The van der Waals surface area contributed by atoms with Crippen LogP contribution in [0.25, 0.3) is 0 Å². The third-order valence-corrected chi connectivity index (χ3v) is 13.7. The van der Waals surface area contributed by atoms with Gasteiger partial charge >= 0.3 is 0 Å². The highest BCUT2D eigenvalue weighted by molar-refractivity contribution is 5.87. The third kappa shape index (κ3) is 2.94. The minimum atomic E-state index is -0.325. The van der Waals surface area contributed by atoms with Crippen molar-refractivity contribution >= 4 is 11.6 Å². The Kier molecular flexibility index (Phi) is 5.31. The molecule has 7 fully saturated rings. The van der Waals surface area contributed by atoms with Gasteiger partial charge in [-0.3, -0.25) is 14.4 Å². The van der Waals surface area contributed by atoms with E-state index in [0.29, 0.717) is 30.0 Å². The molecular formula is C31H47NO4. The van der Waals surface area contributed by atoms with Gasteiger partial charge in [-0.05, 0) is 93.3 Å². The van der Waals surface area contributed by atoms with E-state index < -0.39 is 0 Å². The third-order valence-electron chi connectivity index (χ3n) is 13.7. The van der Waals surface area contributed by atoms with E-state index in [1.165, 1.54) is 32.1 Å². The van der Waals surface area contributed by atoms with Crippen molar-refractivity contribution in [2.45, 2.75) is 116 Å². The summed E-state index contributed by atoms with van der Waals surface area (Å²) in [7, 11) is 0. The van der Waals surface area contributed by atoms with Crippen molar-refractivity contribution in [2.75, 3.05) is 13.1 Å². The zero-order valence-corrected chi connectivity index (χ0v) is 22.8. The van der Waals surface area contributed by atoms with Gasteiger partial charge in [-0.1, -0.05) is 33.1 Å². The molecule has 11 atom stereocenters. The molecule has 5 nitrogen and oxygen atoms in total. The maximum atomic E-state index is 14.2. The van der Waals surface area contributed by atoms with Gasteiger partial charge in [0.15, 0.2) is 0 Å². The topological polar surface area (TPSA) is 66.8 Å². The Balaban J connectivity index is 1.24. The Morgan fingerprint density at radius 1 is 1.00 bits per heavy atom. The molecule has 2 bridgehead atoms. The minimum Gasteiger partial charge on any atom is -0.393 e. The van der Waals surface area contributed by atoms with Crippen LogP contribution in [0.5, 0.6) is 0 Å². The van der Waals surface area contributed by atoms with E-state index >= 15 is 0 Å². The molecule has 200 valence electrons. The fourth-order valence-corrected chi connectivity index (χ4v) is 12.3. The largest absolute Gasteiger partial charge is 0.393 e. The average molecular weight is 498 g/mol. The lowest BCUT2D eigenvalue weighted by molar-refractivity contribution is -0.227. The molecule has 0 aromatic rings. The van der Waals surface area contributed by atoms with Crippen LogP contribution in [0.2, 0.25) is 0 Å². The first kappa shape index (κ1) is 24.3. The molecule has 5 saturated carbocycles. The number of hydroxylamine groups is 2. The Morgan fingerprint density at radius 3 is 2.50 bits per heavy atom. The number of ketones is 2. The van der Waals surface area contributed by atoms with Crippen LogP contribution in [0.1, 0.15) is 104 Å². The van der Waals surface area contributed by atoms with Gasteiger partial charge < -0.3 is 5.11 Å². The molecule has 36 heavy (non-hydrogen) atoms. The molecule has 5 aliphatic carbocycles. The van der Waals surface area contributed by atoms with E-state index in [-0.39, 0.29) is 51.5 Å². The summed E-state index contributed by atoms with van der Waals surface area (Å²) in [5, 5.41) is 14.0. The lowest BCUT2D eigenvalue weighted by atomic mass is 9.41. The first-order valence-corrected chi connectivity index (χ1v) is 15.3. The summed E-state index contributed by atoms with van der Waals surface area (Å²) < 4.78 is 0. The Bertz CT molecular complexity index is 958. The average Bonchev–Trinajstić information content (AvgIpc) is 3.49. The second kappa shape index (κ2) is 7.88. The van der Waals surface area contributed by atoms with Gasteiger partial charge in [-0.2, -0.15) is 5.06 Å². The van der Waals surface area contributed by atoms with Gasteiger partial charge in [-0.15, -0.1) is 0 Å². The number of nitrogens with zero attached hydrogens (tertiary/aromatic N) is 1. The Labute approximate surface area is 217 Å². The lowest BCUT2D eigenvalue weighted by Crippen LogP contribution is -2.64. The summed E-state index contributed by atoms with van der Waals surface area (Å²) >= 11 is 0. The highest BCUT2D eigenvalue weighted by Crippen LogP contribution is 2.70. The lowest BCUT2D eigenvalue weighted by Gasteiger charge is -2.63. The number of hydrogen-bond donors (Lipinski definition) is 1. The summed E-state index contributed by atoms with van der Waals surface area (Å²) in [5.41, 5.74) is -0.273. The van der Waals surface area contributed by atoms with E-state index in [1.54, 1.807) is 6.92 Å². The Morgan fingerprint density at radius 2 is 1.78 bits per heavy atom. The molecule has 1 N–H and O–H groups in total. The van der Waals surface area contributed by atoms with E-state index in [0.717, 1.165) is 58.0 Å². The van der Waals surface area contributed by atoms with Crippen molar-refractivity contribution in [1.82, 2.24) is 5.06 Å². The molecule has 2 unspecified atom stereocenters. The smallest absolute Gasteiger partial charge is 0.137 e. The quantitative estimate of drug-likeness (QED) is 0.558. The van der Waals surface area contributed by atoms with Crippen LogP contribution >= 0.6 is 0 Å². The number of rotatable bonds is 2. The van der Waals surface area contributed by atoms with E-state index in [4.69, 9.17) is 4.84 Å². The SMILES string of the molecule is CC(=O)[C@H]1CC[C@H]2[C@@H]3CC[C@H]4C[C@H](O)[C@H](C56CCN(CC57CCCCC7)O6)C[C@]4(C)[C@H]3C(=O)C[C@]12C. The van der Waals surface area contributed by atoms with Crippen molar-refractivity contribution in [3.05, 3.63) is 0 Å². The highest BCUT2D eigenvalue weighted by Gasteiger charge is 2.71. The van der Waals surface area contributed by atoms with Crippen LogP contribution in [-0.4, -0.2) is 46.5 Å². The number of aliphatic hydroxyl groups is 1. The highest BCUT2D eigenvalue weighted by atomic mass is 16.7. The van der Waals surface area contributed by atoms with Crippen LogP contribution in [-0.2, 0) is 14.4 Å². The maximum Gasteiger partial charge on any atom is 0.137 e. The van der Waals surface area contributed by atoms with Crippen molar-refractivity contribution in [1.29, 1.82) is 0 Å². The van der Waals surface area contributed by atoms with Crippen LogP contribution in [0.4, 0.5) is 0 Å². The van der Waals surface area contributed by atoms with Crippen molar-refractivity contribution in [3.8, 4) is 0 Å². The van der Waals surface area contributed by atoms with E-state index in [9.17, 15) is 14.7 Å².